The van der Waals surface area contributed by atoms with Crippen LogP contribution in [0.4, 0.5) is 0 Å². The summed E-state index contributed by atoms with van der Waals surface area (Å²) in [4.78, 5) is 2.59. The Morgan fingerprint density at radius 1 is 1.38 bits per heavy atom. The molecule has 4 heteroatoms. The minimum atomic E-state index is 0.715. The molecule has 1 rings (SSSR count). The molecule has 0 bridgehead atoms. The average Bonchev–Trinajstić information content (AvgIpc) is 2.29. The smallest absolute Gasteiger partial charge is 0.0590 e. The number of ether oxygens (including phenoxy) is 1. The zero-order valence-corrected chi connectivity index (χ0v) is 11.7. The first-order chi connectivity index (χ1) is 7.75. The maximum absolute atomic E-state index is 5.28. The molecule has 1 N–H and O–H groups in total. The summed E-state index contributed by atoms with van der Waals surface area (Å²) in [5.41, 5.74) is 0. The number of nitrogens with one attached hydrogen (secondary N) is 1. The molecule has 1 saturated heterocycles. The molecule has 2 unspecified atom stereocenters. The lowest BCUT2D eigenvalue weighted by Crippen LogP contribution is -2.47. The zero-order chi connectivity index (χ0) is 11.8. The molecule has 0 saturated carbocycles. The van der Waals surface area contributed by atoms with Gasteiger partial charge >= 0.3 is 0 Å². The van der Waals surface area contributed by atoms with E-state index < -0.39 is 0 Å². The third kappa shape index (κ3) is 5.04. The van der Waals surface area contributed by atoms with Crippen LogP contribution in [0, 0.1) is 0 Å². The van der Waals surface area contributed by atoms with E-state index in [1.54, 1.807) is 0 Å². The first-order valence-corrected chi connectivity index (χ1v) is 7.44. The molecular formula is C12H26N2OS. The molecule has 3 nitrogen and oxygen atoms in total. The topological polar surface area (TPSA) is 24.5 Å². The van der Waals surface area contributed by atoms with E-state index in [4.69, 9.17) is 4.74 Å². The van der Waals surface area contributed by atoms with Gasteiger partial charge in [0.15, 0.2) is 0 Å². The Kier molecular flexibility index (Phi) is 7.45. The van der Waals surface area contributed by atoms with Crippen molar-refractivity contribution in [3.05, 3.63) is 0 Å². The molecule has 96 valence electrons. The van der Waals surface area contributed by atoms with Crippen LogP contribution in [0.2, 0.25) is 0 Å². The van der Waals surface area contributed by atoms with Crippen LogP contribution in [0.3, 0.4) is 0 Å². The van der Waals surface area contributed by atoms with E-state index in [-0.39, 0.29) is 0 Å². The largest absolute Gasteiger partial charge is 0.380 e. The van der Waals surface area contributed by atoms with Crippen molar-refractivity contribution in [1.82, 2.24) is 10.2 Å². The maximum Gasteiger partial charge on any atom is 0.0590 e. The van der Waals surface area contributed by atoms with Crippen LogP contribution in [-0.2, 0) is 4.74 Å². The quantitative estimate of drug-likeness (QED) is 0.687. The molecule has 0 aliphatic carbocycles. The highest BCUT2D eigenvalue weighted by molar-refractivity contribution is 8.00. The van der Waals surface area contributed by atoms with Gasteiger partial charge < -0.3 is 10.1 Å². The van der Waals surface area contributed by atoms with E-state index in [2.05, 4.69) is 35.8 Å². The van der Waals surface area contributed by atoms with Crippen LogP contribution in [0.25, 0.3) is 0 Å². The molecule has 0 spiro atoms. The second kappa shape index (κ2) is 8.34. The minimum absolute atomic E-state index is 0.715. The Labute approximate surface area is 104 Å². The Morgan fingerprint density at radius 3 is 2.94 bits per heavy atom. The zero-order valence-electron chi connectivity index (χ0n) is 10.9. The van der Waals surface area contributed by atoms with Gasteiger partial charge in [-0.3, -0.25) is 4.90 Å². The summed E-state index contributed by atoms with van der Waals surface area (Å²) in [6.45, 7) is 12.8. The van der Waals surface area contributed by atoms with Gasteiger partial charge in [0.1, 0.15) is 0 Å². The van der Waals surface area contributed by atoms with E-state index in [0.29, 0.717) is 6.04 Å². The number of thioether (sulfide) groups is 1. The van der Waals surface area contributed by atoms with Crippen molar-refractivity contribution in [2.45, 2.75) is 32.1 Å². The average molecular weight is 246 g/mol. The fraction of sp³-hybridized carbons (Fsp3) is 1.00. The van der Waals surface area contributed by atoms with Crippen molar-refractivity contribution < 1.29 is 4.74 Å². The molecule has 1 aliphatic heterocycles. The molecule has 1 fully saturated rings. The number of hydrogen-bond acceptors (Lipinski definition) is 4. The van der Waals surface area contributed by atoms with Gasteiger partial charge in [0.05, 0.1) is 6.61 Å². The van der Waals surface area contributed by atoms with Crippen LogP contribution in [-0.4, -0.2) is 61.3 Å². The Balaban J connectivity index is 2.03. The van der Waals surface area contributed by atoms with E-state index >= 15 is 0 Å². The summed E-state index contributed by atoms with van der Waals surface area (Å²) >= 11 is 2.10. The molecule has 2 atom stereocenters. The van der Waals surface area contributed by atoms with Crippen molar-refractivity contribution in [1.29, 1.82) is 0 Å². The van der Waals surface area contributed by atoms with Gasteiger partial charge in [-0.2, -0.15) is 11.8 Å². The number of hydrogen-bond donors (Lipinski definition) is 1. The molecule has 1 heterocycles. The lowest BCUT2D eigenvalue weighted by atomic mass is 10.2. The summed E-state index contributed by atoms with van der Waals surface area (Å²) in [6, 6.07) is 0.715. The van der Waals surface area contributed by atoms with Crippen LogP contribution in [0.15, 0.2) is 0 Å². The lowest BCUT2D eigenvalue weighted by molar-refractivity contribution is 0.147. The summed E-state index contributed by atoms with van der Waals surface area (Å²) in [5, 5.41) is 4.20. The van der Waals surface area contributed by atoms with Crippen molar-refractivity contribution >= 4 is 11.8 Å². The van der Waals surface area contributed by atoms with Crippen LogP contribution in [0.5, 0.6) is 0 Å². The highest BCUT2D eigenvalue weighted by Crippen LogP contribution is 2.23. The van der Waals surface area contributed by atoms with Crippen LogP contribution >= 0.6 is 11.8 Å². The summed E-state index contributed by atoms with van der Waals surface area (Å²) in [6.07, 6.45) is 0. The van der Waals surface area contributed by atoms with E-state index in [1.807, 2.05) is 6.92 Å². The van der Waals surface area contributed by atoms with Gasteiger partial charge in [0.2, 0.25) is 0 Å². The fourth-order valence-electron chi connectivity index (χ4n) is 1.95. The minimum Gasteiger partial charge on any atom is -0.380 e. The third-order valence-electron chi connectivity index (χ3n) is 3.22. The predicted molar refractivity (Wildman–Crippen MR) is 72.3 cm³/mol. The summed E-state index contributed by atoms with van der Waals surface area (Å²) in [7, 11) is 0. The first-order valence-electron chi connectivity index (χ1n) is 6.39. The lowest BCUT2D eigenvalue weighted by Gasteiger charge is -2.37. The second-order valence-electron chi connectivity index (χ2n) is 4.30. The monoisotopic (exact) mass is 246 g/mol. The normalized spacial score (nSPS) is 27.2. The highest BCUT2D eigenvalue weighted by Gasteiger charge is 2.24. The van der Waals surface area contributed by atoms with Gasteiger partial charge in [0.25, 0.3) is 0 Å². The fourth-order valence-corrected chi connectivity index (χ4v) is 3.11. The van der Waals surface area contributed by atoms with Crippen molar-refractivity contribution in [2.24, 2.45) is 0 Å². The third-order valence-corrected chi connectivity index (χ3v) is 4.56. The molecule has 0 amide bonds. The molecule has 0 aromatic rings. The number of nitrogens with zero attached hydrogens (tertiary/aromatic N) is 1. The van der Waals surface area contributed by atoms with Crippen LogP contribution < -0.4 is 5.32 Å². The van der Waals surface area contributed by atoms with Gasteiger partial charge in [0, 0.05) is 49.8 Å². The van der Waals surface area contributed by atoms with Crippen LogP contribution in [0.1, 0.15) is 20.8 Å². The first kappa shape index (κ1) is 14.3. The maximum atomic E-state index is 5.28. The summed E-state index contributed by atoms with van der Waals surface area (Å²) < 4.78 is 5.28. The molecule has 0 aromatic heterocycles. The van der Waals surface area contributed by atoms with E-state index in [1.165, 1.54) is 12.3 Å². The molecule has 1 aliphatic rings. The van der Waals surface area contributed by atoms with Crippen molar-refractivity contribution in [3.63, 3.8) is 0 Å². The van der Waals surface area contributed by atoms with Crippen molar-refractivity contribution in [3.8, 4) is 0 Å². The Morgan fingerprint density at radius 2 is 2.19 bits per heavy atom. The molecule has 0 radical (unpaired) electrons. The summed E-state index contributed by atoms with van der Waals surface area (Å²) in [5.74, 6) is 1.28. The van der Waals surface area contributed by atoms with Gasteiger partial charge in [-0.05, 0) is 13.8 Å². The van der Waals surface area contributed by atoms with E-state index in [9.17, 15) is 0 Å². The Bertz CT molecular complexity index is 180. The van der Waals surface area contributed by atoms with E-state index in [0.717, 1.165) is 38.1 Å². The molecule has 16 heavy (non-hydrogen) atoms. The molecule has 0 aromatic carbocycles. The van der Waals surface area contributed by atoms with Gasteiger partial charge in [-0.25, -0.2) is 0 Å². The Hall–Kier alpha value is 0.230. The van der Waals surface area contributed by atoms with Gasteiger partial charge in [-0.15, -0.1) is 0 Å². The van der Waals surface area contributed by atoms with Crippen molar-refractivity contribution in [2.75, 3.05) is 45.1 Å². The SMILES string of the molecule is CCOCCNCCN1CCSC(C)C1C. The second-order valence-corrected chi connectivity index (χ2v) is 5.78. The standard InChI is InChI=1S/C12H26N2OS/c1-4-15-9-6-13-5-7-14-8-10-16-12(3)11(14)2/h11-13H,4-10H2,1-3H3. The highest BCUT2D eigenvalue weighted by atomic mass is 32.2. The molecular weight excluding hydrogens is 220 g/mol. The number of rotatable bonds is 7. The van der Waals surface area contributed by atoms with Gasteiger partial charge in [-0.1, -0.05) is 6.92 Å². The predicted octanol–water partition coefficient (Wildman–Crippen LogP) is 1.44.